The normalized spacial score (nSPS) is 9.50. The molecule has 0 saturated carbocycles. The number of hydrogen-bond acceptors (Lipinski definition) is 1. The van der Waals surface area contributed by atoms with Crippen molar-refractivity contribution in [3.63, 3.8) is 0 Å². The number of aryl methyl sites for hydroxylation is 1. The SMILES string of the molecule is CC#CCCn1ccc2c(C#N)cccc21. The predicted molar refractivity (Wildman–Crippen MR) is 64.7 cm³/mol. The molecule has 16 heavy (non-hydrogen) atoms. The average molecular weight is 208 g/mol. The van der Waals surface area contributed by atoms with Crippen molar-refractivity contribution in [1.82, 2.24) is 4.57 Å². The van der Waals surface area contributed by atoms with E-state index in [0.29, 0.717) is 0 Å². The molecule has 0 bridgehead atoms. The smallest absolute Gasteiger partial charge is 0.0998 e. The third kappa shape index (κ3) is 1.78. The summed E-state index contributed by atoms with van der Waals surface area (Å²) in [6.07, 6.45) is 2.86. The van der Waals surface area contributed by atoms with E-state index in [1.54, 1.807) is 0 Å². The van der Waals surface area contributed by atoms with Crippen LogP contribution in [-0.2, 0) is 6.54 Å². The van der Waals surface area contributed by atoms with Crippen molar-refractivity contribution in [2.24, 2.45) is 0 Å². The molecule has 1 aromatic heterocycles. The summed E-state index contributed by atoms with van der Waals surface area (Å²) < 4.78 is 2.14. The zero-order valence-electron chi connectivity index (χ0n) is 9.20. The van der Waals surface area contributed by atoms with Gasteiger partial charge in [0.2, 0.25) is 0 Å². The zero-order chi connectivity index (χ0) is 11.4. The summed E-state index contributed by atoms with van der Waals surface area (Å²) in [6, 6.07) is 10.0. The Hall–Kier alpha value is -2.19. The van der Waals surface area contributed by atoms with Gasteiger partial charge >= 0.3 is 0 Å². The molecule has 2 nitrogen and oxygen atoms in total. The molecule has 2 aromatic rings. The van der Waals surface area contributed by atoms with E-state index in [1.165, 1.54) is 0 Å². The first-order chi connectivity index (χ1) is 7.86. The number of benzene rings is 1. The minimum Gasteiger partial charge on any atom is -0.346 e. The van der Waals surface area contributed by atoms with Crippen molar-refractivity contribution in [2.45, 2.75) is 19.9 Å². The molecule has 0 aliphatic carbocycles. The van der Waals surface area contributed by atoms with Crippen molar-refractivity contribution in [2.75, 3.05) is 0 Å². The highest BCUT2D eigenvalue weighted by molar-refractivity contribution is 5.85. The molecular formula is C14H12N2. The van der Waals surface area contributed by atoms with Crippen LogP contribution in [0.25, 0.3) is 10.9 Å². The lowest BCUT2D eigenvalue weighted by molar-refractivity contribution is 0.749. The van der Waals surface area contributed by atoms with Gasteiger partial charge in [-0.2, -0.15) is 5.26 Å². The highest BCUT2D eigenvalue weighted by Gasteiger charge is 2.03. The average Bonchev–Trinajstić information content (AvgIpc) is 2.73. The van der Waals surface area contributed by atoms with Gasteiger partial charge in [-0.3, -0.25) is 0 Å². The van der Waals surface area contributed by atoms with Crippen LogP contribution in [0.5, 0.6) is 0 Å². The van der Waals surface area contributed by atoms with Gasteiger partial charge in [0.1, 0.15) is 0 Å². The lowest BCUT2D eigenvalue weighted by Gasteiger charge is -2.02. The van der Waals surface area contributed by atoms with Gasteiger partial charge < -0.3 is 4.57 Å². The molecule has 0 fully saturated rings. The lowest BCUT2D eigenvalue weighted by atomic mass is 10.1. The maximum Gasteiger partial charge on any atom is 0.0998 e. The van der Waals surface area contributed by atoms with Gasteiger partial charge in [0.15, 0.2) is 0 Å². The Morgan fingerprint density at radius 1 is 1.31 bits per heavy atom. The number of hydrogen-bond donors (Lipinski definition) is 0. The summed E-state index contributed by atoms with van der Waals surface area (Å²) in [5.74, 6) is 5.93. The van der Waals surface area contributed by atoms with Crippen LogP contribution in [0.3, 0.4) is 0 Å². The number of rotatable bonds is 2. The molecular weight excluding hydrogens is 196 g/mol. The fourth-order valence-corrected chi connectivity index (χ4v) is 1.82. The summed E-state index contributed by atoms with van der Waals surface area (Å²) in [7, 11) is 0. The molecule has 0 aliphatic heterocycles. The summed E-state index contributed by atoms with van der Waals surface area (Å²) in [6.45, 7) is 2.72. The molecule has 0 radical (unpaired) electrons. The van der Waals surface area contributed by atoms with Crippen molar-refractivity contribution in [3.8, 4) is 17.9 Å². The molecule has 0 atom stereocenters. The number of aromatic nitrogens is 1. The number of nitriles is 1. The Balaban J connectivity index is 2.41. The van der Waals surface area contributed by atoms with Gasteiger partial charge in [0, 0.05) is 30.1 Å². The van der Waals surface area contributed by atoms with Crippen molar-refractivity contribution in [3.05, 3.63) is 36.0 Å². The molecule has 0 N–H and O–H groups in total. The summed E-state index contributed by atoms with van der Waals surface area (Å²) in [5.41, 5.74) is 1.84. The van der Waals surface area contributed by atoms with Crippen LogP contribution in [0, 0.1) is 23.2 Å². The van der Waals surface area contributed by atoms with Crippen LogP contribution in [0.1, 0.15) is 18.9 Å². The first-order valence-corrected chi connectivity index (χ1v) is 5.24. The first-order valence-electron chi connectivity index (χ1n) is 5.24. The van der Waals surface area contributed by atoms with Crippen molar-refractivity contribution < 1.29 is 0 Å². The standard InChI is InChI=1S/C14H12N2/c1-2-3-4-9-16-10-8-13-12(11-15)6-5-7-14(13)16/h5-8,10H,4,9H2,1H3. The molecule has 1 aromatic carbocycles. The highest BCUT2D eigenvalue weighted by Crippen LogP contribution is 2.19. The second-order valence-corrected chi connectivity index (χ2v) is 3.54. The number of nitrogens with zero attached hydrogens (tertiary/aromatic N) is 2. The molecule has 78 valence electrons. The van der Waals surface area contributed by atoms with Crippen LogP contribution in [0.4, 0.5) is 0 Å². The van der Waals surface area contributed by atoms with Crippen LogP contribution in [0.15, 0.2) is 30.5 Å². The zero-order valence-corrected chi connectivity index (χ0v) is 9.20. The largest absolute Gasteiger partial charge is 0.346 e. The third-order valence-electron chi connectivity index (χ3n) is 2.59. The molecule has 1 heterocycles. The minimum absolute atomic E-state index is 0.734. The van der Waals surface area contributed by atoms with Gasteiger partial charge in [-0.1, -0.05) is 6.07 Å². The lowest BCUT2D eigenvalue weighted by Crippen LogP contribution is -1.94. The maximum atomic E-state index is 8.98. The van der Waals surface area contributed by atoms with E-state index in [-0.39, 0.29) is 0 Å². The maximum absolute atomic E-state index is 8.98. The van der Waals surface area contributed by atoms with Gasteiger partial charge in [-0.25, -0.2) is 0 Å². The number of fused-ring (bicyclic) bond motifs is 1. The quantitative estimate of drug-likeness (QED) is 0.697. The summed E-state index contributed by atoms with van der Waals surface area (Å²) >= 11 is 0. The monoisotopic (exact) mass is 208 g/mol. The summed E-state index contributed by atoms with van der Waals surface area (Å²) in [5, 5.41) is 10.0. The van der Waals surface area contributed by atoms with E-state index < -0.39 is 0 Å². The topological polar surface area (TPSA) is 28.7 Å². The highest BCUT2D eigenvalue weighted by atomic mass is 14.9. The molecule has 0 aliphatic rings. The van der Waals surface area contributed by atoms with Crippen molar-refractivity contribution >= 4 is 10.9 Å². The van der Waals surface area contributed by atoms with E-state index >= 15 is 0 Å². The predicted octanol–water partition coefficient (Wildman–Crippen LogP) is 2.93. The van der Waals surface area contributed by atoms with Crippen LogP contribution >= 0.6 is 0 Å². The van der Waals surface area contributed by atoms with E-state index in [1.807, 2.05) is 37.4 Å². The molecule has 0 spiro atoms. The van der Waals surface area contributed by atoms with E-state index in [2.05, 4.69) is 22.5 Å². The van der Waals surface area contributed by atoms with Gasteiger partial charge in [-0.15, -0.1) is 11.8 Å². The second kappa shape index (κ2) is 4.55. The Morgan fingerprint density at radius 2 is 2.19 bits per heavy atom. The van der Waals surface area contributed by atoms with Crippen LogP contribution < -0.4 is 0 Å². The Bertz CT molecular complexity index is 603. The summed E-state index contributed by atoms with van der Waals surface area (Å²) in [4.78, 5) is 0. The van der Waals surface area contributed by atoms with Crippen LogP contribution in [-0.4, -0.2) is 4.57 Å². The second-order valence-electron chi connectivity index (χ2n) is 3.54. The van der Waals surface area contributed by atoms with Crippen molar-refractivity contribution in [1.29, 1.82) is 5.26 Å². The van der Waals surface area contributed by atoms with E-state index in [4.69, 9.17) is 5.26 Å². The van der Waals surface area contributed by atoms with E-state index in [9.17, 15) is 0 Å². The third-order valence-corrected chi connectivity index (χ3v) is 2.59. The van der Waals surface area contributed by atoms with Gasteiger partial charge in [0.05, 0.1) is 11.6 Å². The molecule has 2 rings (SSSR count). The van der Waals surface area contributed by atoms with Gasteiger partial charge in [0.25, 0.3) is 0 Å². The Kier molecular flexibility index (Phi) is 2.94. The molecule has 2 heteroatoms. The molecule has 0 amide bonds. The Morgan fingerprint density at radius 3 is 2.94 bits per heavy atom. The molecule has 0 saturated heterocycles. The van der Waals surface area contributed by atoms with Crippen LogP contribution in [0.2, 0.25) is 0 Å². The van der Waals surface area contributed by atoms with E-state index in [0.717, 1.165) is 29.4 Å². The minimum atomic E-state index is 0.734. The molecule has 0 unspecified atom stereocenters. The fourth-order valence-electron chi connectivity index (χ4n) is 1.82. The first kappa shape index (κ1) is 10.3. The fraction of sp³-hybridized carbons (Fsp3) is 0.214. The Labute approximate surface area is 95.1 Å². The van der Waals surface area contributed by atoms with Gasteiger partial charge in [-0.05, 0) is 25.1 Å².